The van der Waals surface area contributed by atoms with E-state index in [0.29, 0.717) is 18.3 Å². The Morgan fingerprint density at radius 1 is 1.14 bits per heavy atom. The Morgan fingerprint density at radius 2 is 1.86 bits per heavy atom. The largest absolute Gasteiger partial charge is 0.486 e. The minimum Gasteiger partial charge on any atom is -0.486 e. The van der Waals surface area contributed by atoms with E-state index < -0.39 is 0 Å². The van der Waals surface area contributed by atoms with Crippen LogP contribution in [0.25, 0.3) is 0 Å². The first kappa shape index (κ1) is 21.4. The van der Waals surface area contributed by atoms with Crippen molar-refractivity contribution in [3.8, 4) is 5.75 Å². The predicted octanol–water partition coefficient (Wildman–Crippen LogP) is 4.99. The Hall–Kier alpha value is -2.32. The number of aryl methyl sites for hydroxylation is 2. The maximum Gasteiger partial charge on any atom is 0.234 e. The molecule has 2 aromatic carbocycles. The molecule has 1 amide bonds. The molecule has 0 saturated carbocycles. The van der Waals surface area contributed by atoms with E-state index >= 15 is 0 Å². The zero-order chi connectivity index (χ0) is 20.8. The Morgan fingerprint density at radius 3 is 2.55 bits per heavy atom. The molecule has 0 unspecified atom stereocenters. The minimum absolute atomic E-state index is 0.0948. The number of hydrogen-bond donors (Lipinski definition) is 1. The van der Waals surface area contributed by atoms with Gasteiger partial charge in [0.25, 0.3) is 0 Å². The first-order chi connectivity index (χ1) is 14.0. The second-order valence-electron chi connectivity index (χ2n) is 6.56. The van der Waals surface area contributed by atoms with E-state index in [9.17, 15) is 4.79 Å². The molecule has 0 aliphatic carbocycles. The lowest BCUT2D eigenvalue weighted by atomic mass is 10.2. The molecule has 1 N–H and O–H groups in total. The molecule has 8 heteroatoms. The van der Waals surface area contributed by atoms with E-state index in [1.807, 2.05) is 67.8 Å². The molecule has 3 aromatic rings. The average Bonchev–Trinajstić information content (AvgIpc) is 3.10. The van der Waals surface area contributed by atoms with Gasteiger partial charge in [0.05, 0.1) is 11.4 Å². The monoisotopic (exact) mass is 474 g/mol. The smallest absolute Gasteiger partial charge is 0.234 e. The molecule has 0 saturated heterocycles. The summed E-state index contributed by atoms with van der Waals surface area (Å²) in [6.07, 6.45) is 0. The summed E-state index contributed by atoms with van der Waals surface area (Å²) in [7, 11) is 0. The summed E-state index contributed by atoms with van der Waals surface area (Å²) < 4.78 is 8.64. The first-order valence-corrected chi connectivity index (χ1v) is 11.0. The number of carbonyl (C=O) groups excluding carboxylic acids is 1. The van der Waals surface area contributed by atoms with Gasteiger partial charge in [-0.3, -0.25) is 4.79 Å². The van der Waals surface area contributed by atoms with Gasteiger partial charge in [-0.15, -0.1) is 10.2 Å². The zero-order valence-corrected chi connectivity index (χ0v) is 19.0. The Bertz CT molecular complexity index is 989. The standard InChI is InChI=1S/C21H23BrN4O2S/c1-4-26-19(12-28-16-8-5-14(2)6-9-16)24-25-21(26)29-13-20(27)23-18-10-7-15(3)11-17(18)22/h5-11H,4,12-13H2,1-3H3,(H,23,27). The third-order valence-electron chi connectivity index (χ3n) is 4.23. The predicted molar refractivity (Wildman–Crippen MR) is 119 cm³/mol. The molecule has 0 aliphatic heterocycles. The van der Waals surface area contributed by atoms with Crippen molar-refractivity contribution in [3.63, 3.8) is 0 Å². The molecule has 0 fully saturated rings. The quantitative estimate of drug-likeness (QED) is 0.465. The number of benzene rings is 2. The number of thioether (sulfide) groups is 1. The molecular formula is C21H23BrN4O2S. The number of nitrogens with one attached hydrogen (secondary N) is 1. The van der Waals surface area contributed by atoms with Crippen molar-refractivity contribution in [2.24, 2.45) is 0 Å². The number of anilines is 1. The summed E-state index contributed by atoms with van der Waals surface area (Å²) >= 11 is 4.84. The van der Waals surface area contributed by atoms with Crippen LogP contribution in [-0.2, 0) is 17.9 Å². The molecule has 152 valence electrons. The van der Waals surface area contributed by atoms with Crippen molar-refractivity contribution in [1.29, 1.82) is 0 Å². The number of hydrogen-bond acceptors (Lipinski definition) is 5. The summed E-state index contributed by atoms with van der Waals surface area (Å²) in [5, 5.41) is 12.1. The highest BCUT2D eigenvalue weighted by Gasteiger charge is 2.14. The van der Waals surface area contributed by atoms with Crippen LogP contribution < -0.4 is 10.1 Å². The fourth-order valence-electron chi connectivity index (χ4n) is 2.67. The molecule has 1 aromatic heterocycles. The maximum atomic E-state index is 12.3. The van der Waals surface area contributed by atoms with Crippen LogP contribution in [0, 0.1) is 13.8 Å². The van der Waals surface area contributed by atoms with Gasteiger partial charge in [-0.25, -0.2) is 0 Å². The highest BCUT2D eigenvalue weighted by molar-refractivity contribution is 9.10. The van der Waals surface area contributed by atoms with Gasteiger partial charge in [-0.1, -0.05) is 35.5 Å². The molecule has 0 bridgehead atoms. The third kappa shape index (κ3) is 5.83. The van der Waals surface area contributed by atoms with Gasteiger partial charge in [-0.2, -0.15) is 0 Å². The molecule has 6 nitrogen and oxygen atoms in total. The number of nitrogens with zero attached hydrogens (tertiary/aromatic N) is 3. The summed E-state index contributed by atoms with van der Waals surface area (Å²) in [5.74, 6) is 1.68. The normalized spacial score (nSPS) is 10.8. The second-order valence-corrected chi connectivity index (χ2v) is 8.36. The highest BCUT2D eigenvalue weighted by Crippen LogP contribution is 2.24. The Kier molecular flexibility index (Phi) is 7.33. The van der Waals surface area contributed by atoms with Crippen molar-refractivity contribution in [1.82, 2.24) is 14.8 Å². The van der Waals surface area contributed by atoms with Crippen molar-refractivity contribution in [3.05, 3.63) is 63.9 Å². The van der Waals surface area contributed by atoms with Gasteiger partial charge in [0, 0.05) is 11.0 Å². The van der Waals surface area contributed by atoms with Crippen LogP contribution in [0.1, 0.15) is 23.9 Å². The SMILES string of the molecule is CCn1c(COc2ccc(C)cc2)nnc1SCC(=O)Nc1ccc(C)cc1Br. The van der Waals surface area contributed by atoms with Crippen LogP contribution in [0.15, 0.2) is 52.1 Å². The van der Waals surface area contributed by atoms with Crippen LogP contribution >= 0.6 is 27.7 Å². The lowest BCUT2D eigenvalue weighted by molar-refractivity contribution is -0.113. The lowest BCUT2D eigenvalue weighted by Crippen LogP contribution is -2.15. The summed E-state index contributed by atoms with van der Waals surface area (Å²) in [6.45, 7) is 7.09. The molecule has 0 spiro atoms. The van der Waals surface area contributed by atoms with Gasteiger partial charge < -0.3 is 14.6 Å². The van der Waals surface area contributed by atoms with Crippen LogP contribution in [0.2, 0.25) is 0 Å². The van der Waals surface area contributed by atoms with E-state index in [1.165, 1.54) is 17.3 Å². The van der Waals surface area contributed by atoms with E-state index in [-0.39, 0.29) is 11.7 Å². The number of rotatable bonds is 8. The van der Waals surface area contributed by atoms with Crippen LogP contribution in [0.4, 0.5) is 5.69 Å². The summed E-state index contributed by atoms with van der Waals surface area (Å²) in [5.41, 5.74) is 3.06. The van der Waals surface area contributed by atoms with Crippen LogP contribution in [0.5, 0.6) is 5.75 Å². The molecule has 1 heterocycles. The number of ether oxygens (including phenoxy) is 1. The molecule has 29 heavy (non-hydrogen) atoms. The van der Waals surface area contributed by atoms with Crippen molar-refractivity contribution >= 4 is 39.3 Å². The van der Waals surface area contributed by atoms with Crippen LogP contribution in [0.3, 0.4) is 0 Å². The van der Waals surface area contributed by atoms with Crippen molar-refractivity contribution in [2.75, 3.05) is 11.1 Å². The van der Waals surface area contributed by atoms with Gasteiger partial charge in [0.2, 0.25) is 5.91 Å². The number of aromatic nitrogens is 3. The fourth-order valence-corrected chi connectivity index (χ4v) is 4.08. The molecule has 0 radical (unpaired) electrons. The first-order valence-electron chi connectivity index (χ1n) is 9.26. The number of amides is 1. The molecule has 0 aliphatic rings. The van der Waals surface area contributed by atoms with E-state index in [4.69, 9.17) is 4.74 Å². The molecule has 3 rings (SSSR count). The van der Waals surface area contributed by atoms with Gasteiger partial charge in [0.1, 0.15) is 12.4 Å². The summed E-state index contributed by atoms with van der Waals surface area (Å²) in [4.78, 5) is 12.3. The maximum absolute atomic E-state index is 12.3. The Labute approximate surface area is 183 Å². The fraction of sp³-hybridized carbons (Fsp3) is 0.286. The van der Waals surface area contributed by atoms with Gasteiger partial charge in [0.15, 0.2) is 11.0 Å². The zero-order valence-electron chi connectivity index (χ0n) is 16.6. The topological polar surface area (TPSA) is 69.0 Å². The number of halogens is 1. The minimum atomic E-state index is -0.0948. The highest BCUT2D eigenvalue weighted by atomic mass is 79.9. The van der Waals surface area contributed by atoms with Crippen LogP contribution in [-0.4, -0.2) is 26.4 Å². The molecular weight excluding hydrogens is 452 g/mol. The Balaban J connectivity index is 1.58. The second kappa shape index (κ2) is 9.93. The molecule has 0 atom stereocenters. The van der Waals surface area contributed by atoms with Gasteiger partial charge >= 0.3 is 0 Å². The summed E-state index contributed by atoms with van der Waals surface area (Å²) in [6, 6.07) is 13.7. The van der Waals surface area contributed by atoms with E-state index in [2.05, 4.69) is 31.4 Å². The average molecular weight is 475 g/mol. The third-order valence-corrected chi connectivity index (χ3v) is 5.85. The van der Waals surface area contributed by atoms with Gasteiger partial charge in [-0.05, 0) is 66.5 Å². The lowest BCUT2D eigenvalue weighted by Gasteiger charge is -2.10. The van der Waals surface area contributed by atoms with E-state index in [1.54, 1.807) is 0 Å². The van der Waals surface area contributed by atoms with Crippen molar-refractivity contribution < 1.29 is 9.53 Å². The van der Waals surface area contributed by atoms with E-state index in [0.717, 1.165) is 27.3 Å². The number of carbonyl (C=O) groups is 1. The van der Waals surface area contributed by atoms with Crippen molar-refractivity contribution in [2.45, 2.75) is 39.1 Å².